The third-order valence-electron chi connectivity index (χ3n) is 4.79. The molecular formula is C18H24FNO3. The number of halogens is 1. The van der Waals surface area contributed by atoms with Crippen LogP contribution in [0.4, 0.5) is 4.39 Å². The lowest BCUT2D eigenvalue weighted by Crippen LogP contribution is -2.49. The van der Waals surface area contributed by atoms with Gasteiger partial charge in [0.05, 0.1) is 10.8 Å². The molecule has 0 spiro atoms. The summed E-state index contributed by atoms with van der Waals surface area (Å²) >= 11 is 0. The van der Waals surface area contributed by atoms with Gasteiger partial charge in [-0.1, -0.05) is 31.4 Å². The number of benzene rings is 1. The van der Waals surface area contributed by atoms with Crippen LogP contribution in [-0.2, 0) is 15.0 Å². The van der Waals surface area contributed by atoms with Crippen molar-refractivity contribution in [3.05, 3.63) is 35.6 Å². The van der Waals surface area contributed by atoms with Crippen LogP contribution in [0.25, 0.3) is 0 Å². The Bertz CT molecular complexity index is 592. The van der Waals surface area contributed by atoms with Crippen molar-refractivity contribution in [1.82, 2.24) is 5.32 Å². The van der Waals surface area contributed by atoms with Crippen molar-refractivity contribution in [2.75, 3.05) is 6.54 Å². The van der Waals surface area contributed by atoms with Crippen LogP contribution < -0.4 is 5.32 Å². The molecule has 0 atom stereocenters. The van der Waals surface area contributed by atoms with Crippen molar-refractivity contribution in [3.8, 4) is 0 Å². The van der Waals surface area contributed by atoms with Gasteiger partial charge in [0.25, 0.3) is 0 Å². The Balaban J connectivity index is 2.25. The van der Waals surface area contributed by atoms with Crippen molar-refractivity contribution >= 4 is 11.9 Å². The quantitative estimate of drug-likeness (QED) is 0.875. The number of carbonyl (C=O) groups is 2. The topological polar surface area (TPSA) is 66.4 Å². The minimum absolute atomic E-state index is 0.0538. The summed E-state index contributed by atoms with van der Waals surface area (Å²) in [6.45, 7) is 3.20. The average Bonchev–Trinajstić information content (AvgIpc) is 2.53. The fourth-order valence-electron chi connectivity index (χ4n) is 3.13. The predicted octanol–water partition coefficient (Wildman–Crippen LogP) is 3.25. The Morgan fingerprint density at radius 3 is 2.48 bits per heavy atom. The van der Waals surface area contributed by atoms with E-state index >= 15 is 0 Å². The van der Waals surface area contributed by atoms with Gasteiger partial charge >= 0.3 is 5.97 Å². The Kier molecular flexibility index (Phi) is 5.07. The number of carboxylic acid groups (broad SMARTS) is 1. The molecule has 1 fully saturated rings. The maximum atomic E-state index is 13.6. The van der Waals surface area contributed by atoms with Crippen LogP contribution in [0.1, 0.15) is 51.5 Å². The van der Waals surface area contributed by atoms with Crippen LogP contribution >= 0.6 is 0 Å². The van der Waals surface area contributed by atoms with Gasteiger partial charge in [-0.05, 0) is 44.4 Å². The lowest BCUT2D eigenvalue weighted by molar-refractivity contribution is -0.147. The highest BCUT2D eigenvalue weighted by atomic mass is 19.1. The summed E-state index contributed by atoms with van der Waals surface area (Å²) in [5.74, 6) is -1.51. The van der Waals surface area contributed by atoms with E-state index in [0.29, 0.717) is 18.4 Å². The largest absolute Gasteiger partial charge is 0.481 e. The van der Waals surface area contributed by atoms with Gasteiger partial charge in [-0.25, -0.2) is 4.39 Å². The molecule has 23 heavy (non-hydrogen) atoms. The molecule has 1 aliphatic carbocycles. The van der Waals surface area contributed by atoms with E-state index in [1.807, 2.05) is 0 Å². The van der Waals surface area contributed by atoms with E-state index in [9.17, 15) is 19.1 Å². The molecule has 4 nitrogen and oxygen atoms in total. The van der Waals surface area contributed by atoms with Gasteiger partial charge in [-0.2, -0.15) is 0 Å². The third kappa shape index (κ3) is 3.71. The Labute approximate surface area is 136 Å². The van der Waals surface area contributed by atoms with E-state index in [0.717, 1.165) is 19.3 Å². The van der Waals surface area contributed by atoms with Crippen molar-refractivity contribution in [3.63, 3.8) is 0 Å². The standard InChI is InChI=1S/C18H24FNO3/c1-17(2,16(22)23)12-20-15(21)18(9-4-3-5-10-18)13-7-6-8-14(19)11-13/h6-8,11H,3-5,9-10,12H2,1-2H3,(H,20,21)(H,22,23). The van der Waals surface area contributed by atoms with Gasteiger partial charge in [0.2, 0.25) is 5.91 Å². The van der Waals surface area contributed by atoms with Gasteiger partial charge in [-0.3, -0.25) is 9.59 Å². The van der Waals surface area contributed by atoms with E-state index in [1.54, 1.807) is 26.0 Å². The molecule has 1 aromatic rings. The normalized spacial score (nSPS) is 17.5. The molecule has 126 valence electrons. The molecule has 5 heteroatoms. The number of rotatable bonds is 5. The first-order valence-electron chi connectivity index (χ1n) is 8.06. The molecule has 0 saturated heterocycles. The number of hydrogen-bond donors (Lipinski definition) is 2. The number of amides is 1. The van der Waals surface area contributed by atoms with Crippen LogP contribution in [0.15, 0.2) is 24.3 Å². The van der Waals surface area contributed by atoms with Gasteiger partial charge in [0.1, 0.15) is 5.82 Å². The lowest BCUT2D eigenvalue weighted by Gasteiger charge is -2.37. The van der Waals surface area contributed by atoms with Crippen LogP contribution in [0, 0.1) is 11.2 Å². The fraction of sp³-hybridized carbons (Fsp3) is 0.556. The Morgan fingerprint density at radius 1 is 1.26 bits per heavy atom. The molecule has 0 unspecified atom stereocenters. The molecule has 2 rings (SSSR count). The van der Waals surface area contributed by atoms with Crippen LogP contribution in [-0.4, -0.2) is 23.5 Å². The second-order valence-electron chi connectivity index (χ2n) is 7.02. The third-order valence-corrected chi connectivity index (χ3v) is 4.79. The molecule has 0 aromatic heterocycles. The molecular weight excluding hydrogens is 297 g/mol. The van der Waals surface area contributed by atoms with Gasteiger partial charge in [-0.15, -0.1) is 0 Å². The van der Waals surface area contributed by atoms with E-state index in [-0.39, 0.29) is 18.3 Å². The molecule has 1 aliphatic rings. The minimum Gasteiger partial charge on any atom is -0.481 e. The Morgan fingerprint density at radius 2 is 1.91 bits per heavy atom. The summed E-state index contributed by atoms with van der Waals surface area (Å²) in [4.78, 5) is 24.1. The van der Waals surface area contributed by atoms with Crippen LogP contribution in [0.5, 0.6) is 0 Å². The minimum atomic E-state index is -1.03. The zero-order valence-corrected chi connectivity index (χ0v) is 13.7. The van der Waals surface area contributed by atoms with Crippen LogP contribution in [0.3, 0.4) is 0 Å². The molecule has 2 N–H and O–H groups in total. The number of carbonyl (C=O) groups excluding carboxylic acids is 1. The van der Waals surface area contributed by atoms with E-state index in [1.165, 1.54) is 12.1 Å². The highest BCUT2D eigenvalue weighted by molar-refractivity contribution is 5.89. The first kappa shape index (κ1) is 17.4. The Hall–Kier alpha value is -1.91. The van der Waals surface area contributed by atoms with Crippen LogP contribution in [0.2, 0.25) is 0 Å². The zero-order chi connectivity index (χ0) is 17.1. The van der Waals surface area contributed by atoms with Crippen molar-refractivity contribution in [2.24, 2.45) is 5.41 Å². The molecule has 1 saturated carbocycles. The van der Waals surface area contributed by atoms with Crippen molar-refractivity contribution in [2.45, 2.75) is 51.4 Å². The first-order chi connectivity index (χ1) is 10.8. The first-order valence-corrected chi connectivity index (χ1v) is 8.06. The van der Waals surface area contributed by atoms with E-state index in [4.69, 9.17) is 0 Å². The molecule has 0 radical (unpaired) electrons. The lowest BCUT2D eigenvalue weighted by atomic mass is 9.68. The highest BCUT2D eigenvalue weighted by Gasteiger charge is 2.42. The monoisotopic (exact) mass is 321 g/mol. The summed E-state index contributed by atoms with van der Waals surface area (Å²) in [7, 11) is 0. The van der Waals surface area contributed by atoms with E-state index < -0.39 is 16.8 Å². The maximum Gasteiger partial charge on any atom is 0.310 e. The summed E-state index contributed by atoms with van der Waals surface area (Å²) in [5.41, 5.74) is -1.11. The second-order valence-corrected chi connectivity index (χ2v) is 7.02. The summed E-state index contributed by atoms with van der Waals surface area (Å²) in [6, 6.07) is 6.20. The second kappa shape index (κ2) is 6.69. The molecule has 0 aliphatic heterocycles. The smallest absolute Gasteiger partial charge is 0.310 e. The van der Waals surface area contributed by atoms with Gasteiger partial charge in [0, 0.05) is 6.54 Å². The van der Waals surface area contributed by atoms with Crippen molar-refractivity contribution < 1.29 is 19.1 Å². The highest BCUT2D eigenvalue weighted by Crippen LogP contribution is 2.40. The number of aliphatic carboxylic acids is 1. The molecule has 0 bridgehead atoms. The van der Waals surface area contributed by atoms with Gasteiger partial charge in [0.15, 0.2) is 0 Å². The predicted molar refractivity (Wildman–Crippen MR) is 85.6 cm³/mol. The number of carboxylic acids is 1. The number of nitrogens with one attached hydrogen (secondary N) is 1. The van der Waals surface area contributed by atoms with E-state index in [2.05, 4.69) is 5.32 Å². The van der Waals surface area contributed by atoms with Crippen molar-refractivity contribution in [1.29, 1.82) is 0 Å². The summed E-state index contributed by atoms with van der Waals surface area (Å²) in [6.07, 6.45) is 4.20. The molecule has 0 heterocycles. The summed E-state index contributed by atoms with van der Waals surface area (Å²) in [5, 5.41) is 12.0. The fourth-order valence-corrected chi connectivity index (χ4v) is 3.13. The molecule has 1 aromatic carbocycles. The number of hydrogen-bond acceptors (Lipinski definition) is 2. The maximum absolute atomic E-state index is 13.6. The molecule has 1 amide bonds. The SMILES string of the molecule is CC(C)(CNC(=O)C1(c2cccc(F)c2)CCCCC1)C(=O)O. The average molecular weight is 321 g/mol. The zero-order valence-electron chi connectivity index (χ0n) is 13.7. The summed E-state index contributed by atoms with van der Waals surface area (Å²) < 4.78 is 13.6. The van der Waals surface area contributed by atoms with Gasteiger partial charge < -0.3 is 10.4 Å².